The van der Waals surface area contributed by atoms with E-state index in [-0.39, 0.29) is 11.7 Å². The molecule has 0 aromatic heterocycles. The summed E-state index contributed by atoms with van der Waals surface area (Å²) >= 11 is 0. The average molecular weight is 288 g/mol. The van der Waals surface area contributed by atoms with Crippen LogP contribution in [0, 0.1) is 5.92 Å². The highest BCUT2D eigenvalue weighted by Gasteiger charge is 2.35. The standard InChI is InChI=1S/C17H20O4/c1-20-17(21-2)11-10-14(16(19)12-17)8-9-15(18)13-6-4-3-5-7-13/h3-11,14,16,19H,12H2,1-2H3. The number of carbonyl (C=O) groups is 1. The Morgan fingerprint density at radius 1 is 1.29 bits per heavy atom. The van der Waals surface area contributed by atoms with E-state index < -0.39 is 11.9 Å². The molecule has 0 saturated heterocycles. The molecule has 0 radical (unpaired) electrons. The Hall–Kier alpha value is -1.75. The van der Waals surface area contributed by atoms with Gasteiger partial charge >= 0.3 is 0 Å². The summed E-state index contributed by atoms with van der Waals surface area (Å²) in [4.78, 5) is 12.0. The Morgan fingerprint density at radius 2 is 1.95 bits per heavy atom. The fourth-order valence-corrected chi connectivity index (χ4v) is 2.36. The number of rotatable bonds is 5. The molecule has 2 atom stereocenters. The summed E-state index contributed by atoms with van der Waals surface area (Å²) < 4.78 is 10.6. The first kappa shape index (κ1) is 15.6. The lowest BCUT2D eigenvalue weighted by atomic mass is 9.88. The largest absolute Gasteiger partial charge is 0.392 e. The number of hydrogen-bond acceptors (Lipinski definition) is 4. The average Bonchev–Trinajstić information content (AvgIpc) is 2.54. The highest BCUT2D eigenvalue weighted by atomic mass is 16.7. The zero-order chi connectivity index (χ0) is 15.3. The van der Waals surface area contributed by atoms with Gasteiger partial charge in [-0.05, 0) is 12.2 Å². The SMILES string of the molecule is COC1(OC)C=CC(C=CC(=O)c2ccccc2)C(O)C1. The molecular formula is C17H20O4. The molecule has 0 bridgehead atoms. The van der Waals surface area contributed by atoms with Crippen LogP contribution in [0.5, 0.6) is 0 Å². The summed E-state index contributed by atoms with van der Waals surface area (Å²) in [6.07, 6.45) is 6.46. The van der Waals surface area contributed by atoms with Crippen LogP contribution in [0.15, 0.2) is 54.6 Å². The van der Waals surface area contributed by atoms with E-state index in [4.69, 9.17) is 9.47 Å². The number of aliphatic hydroxyl groups is 1. The molecule has 4 nitrogen and oxygen atoms in total. The maximum Gasteiger partial charge on any atom is 0.189 e. The predicted molar refractivity (Wildman–Crippen MR) is 79.9 cm³/mol. The van der Waals surface area contributed by atoms with Crippen molar-refractivity contribution in [3.05, 3.63) is 60.2 Å². The number of aliphatic hydroxyl groups excluding tert-OH is 1. The lowest BCUT2D eigenvalue weighted by molar-refractivity contribution is -0.193. The maximum atomic E-state index is 12.0. The molecule has 1 aromatic rings. The van der Waals surface area contributed by atoms with Crippen LogP contribution in [0.1, 0.15) is 16.8 Å². The van der Waals surface area contributed by atoms with E-state index in [1.54, 1.807) is 30.4 Å². The first-order valence-corrected chi connectivity index (χ1v) is 6.85. The fourth-order valence-electron chi connectivity index (χ4n) is 2.36. The molecule has 21 heavy (non-hydrogen) atoms. The van der Waals surface area contributed by atoms with Gasteiger partial charge < -0.3 is 14.6 Å². The maximum absolute atomic E-state index is 12.0. The second-order valence-electron chi connectivity index (χ2n) is 5.02. The van der Waals surface area contributed by atoms with Gasteiger partial charge in [-0.2, -0.15) is 0 Å². The molecule has 1 aromatic carbocycles. The van der Waals surface area contributed by atoms with Crippen LogP contribution in [0.3, 0.4) is 0 Å². The number of methoxy groups -OCH3 is 2. The van der Waals surface area contributed by atoms with Gasteiger partial charge in [-0.1, -0.05) is 42.5 Å². The van der Waals surface area contributed by atoms with Gasteiger partial charge in [-0.15, -0.1) is 0 Å². The van der Waals surface area contributed by atoms with Crippen molar-refractivity contribution in [2.24, 2.45) is 5.92 Å². The third kappa shape index (κ3) is 3.67. The van der Waals surface area contributed by atoms with Crippen molar-refractivity contribution < 1.29 is 19.4 Å². The van der Waals surface area contributed by atoms with Crippen molar-refractivity contribution in [1.29, 1.82) is 0 Å². The summed E-state index contributed by atoms with van der Waals surface area (Å²) in [5, 5.41) is 10.2. The van der Waals surface area contributed by atoms with Crippen LogP contribution >= 0.6 is 0 Å². The second-order valence-corrected chi connectivity index (χ2v) is 5.02. The molecule has 1 N–H and O–H groups in total. The Labute approximate surface area is 124 Å². The third-order valence-electron chi connectivity index (χ3n) is 3.73. The molecule has 112 valence electrons. The van der Waals surface area contributed by atoms with E-state index >= 15 is 0 Å². The van der Waals surface area contributed by atoms with E-state index in [1.165, 1.54) is 20.3 Å². The summed E-state index contributed by atoms with van der Waals surface area (Å²) in [6.45, 7) is 0. The van der Waals surface area contributed by atoms with Gasteiger partial charge in [0.05, 0.1) is 6.10 Å². The van der Waals surface area contributed by atoms with Gasteiger partial charge in [0.15, 0.2) is 11.6 Å². The Morgan fingerprint density at radius 3 is 2.52 bits per heavy atom. The number of carbonyl (C=O) groups excluding carboxylic acids is 1. The molecule has 4 heteroatoms. The molecule has 0 aliphatic heterocycles. The normalized spacial score (nSPS) is 24.3. The zero-order valence-corrected chi connectivity index (χ0v) is 12.2. The van der Waals surface area contributed by atoms with E-state index in [1.807, 2.05) is 18.2 Å². The zero-order valence-electron chi connectivity index (χ0n) is 12.2. The minimum atomic E-state index is -0.882. The van der Waals surface area contributed by atoms with Gasteiger partial charge in [0.25, 0.3) is 0 Å². The van der Waals surface area contributed by atoms with E-state index in [9.17, 15) is 9.90 Å². The Balaban J connectivity index is 2.07. The van der Waals surface area contributed by atoms with Crippen molar-refractivity contribution in [2.45, 2.75) is 18.3 Å². The molecule has 0 saturated carbocycles. The third-order valence-corrected chi connectivity index (χ3v) is 3.73. The molecule has 1 aliphatic rings. The molecule has 1 aliphatic carbocycles. The van der Waals surface area contributed by atoms with Crippen molar-refractivity contribution in [3.63, 3.8) is 0 Å². The molecule has 2 unspecified atom stereocenters. The first-order valence-electron chi connectivity index (χ1n) is 6.85. The van der Waals surface area contributed by atoms with Crippen LogP contribution in [0.2, 0.25) is 0 Å². The highest BCUT2D eigenvalue weighted by Crippen LogP contribution is 2.30. The number of benzene rings is 1. The van der Waals surface area contributed by atoms with Crippen molar-refractivity contribution in [3.8, 4) is 0 Å². The predicted octanol–water partition coefficient (Wildman–Crippen LogP) is 2.35. The molecule has 0 amide bonds. The van der Waals surface area contributed by atoms with Gasteiger partial charge in [0.2, 0.25) is 0 Å². The lowest BCUT2D eigenvalue weighted by Gasteiger charge is -2.35. The van der Waals surface area contributed by atoms with Gasteiger partial charge in [0.1, 0.15) is 0 Å². The summed E-state index contributed by atoms with van der Waals surface area (Å²) in [6, 6.07) is 9.04. The monoisotopic (exact) mass is 288 g/mol. The number of ether oxygens (including phenoxy) is 2. The topological polar surface area (TPSA) is 55.8 Å². The molecule has 0 heterocycles. The Bertz CT molecular complexity index is 529. The van der Waals surface area contributed by atoms with E-state index in [0.717, 1.165) is 0 Å². The Kier molecular flexibility index (Phi) is 5.07. The lowest BCUT2D eigenvalue weighted by Crippen LogP contribution is -2.41. The van der Waals surface area contributed by atoms with Gasteiger partial charge in [0, 0.05) is 32.1 Å². The van der Waals surface area contributed by atoms with E-state index in [2.05, 4.69) is 0 Å². The summed E-state index contributed by atoms with van der Waals surface area (Å²) in [5.41, 5.74) is 0.631. The minimum absolute atomic E-state index is 0.0773. The van der Waals surface area contributed by atoms with Crippen LogP contribution in [-0.4, -0.2) is 37.0 Å². The summed E-state index contributed by atoms with van der Waals surface area (Å²) in [5.74, 6) is -1.18. The quantitative estimate of drug-likeness (QED) is 0.391. The second kappa shape index (κ2) is 6.80. The van der Waals surface area contributed by atoms with Crippen molar-refractivity contribution in [1.82, 2.24) is 0 Å². The van der Waals surface area contributed by atoms with Gasteiger partial charge in [-0.3, -0.25) is 4.79 Å². The molecule has 0 spiro atoms. The van der Waals surface area contributed by atoms with Gasteiger partial charge in [-0.25, -0.2) is 0 Å². The fraction of sp³-hybridized carbons (Fsp3) is 0.353. The molecule has 0 fully saturated rings. The minimum Gasteiger partial charge on any atom is -0.392 e. The number of allylic oxidation sites excluding steroid dienone is 1. The van der Waals surface area contributed by atoms with Crippen LogP contribution in [0.4, 0.5) is 0 Å². The first-order chi connectivity index (χ1) is 10.1. The van der Waals surface area contributed by atoms with Crippen molar-refractivity contribution in [2.75, 3.05) is 14.2 Å². The molecular weight excluding hydrogens is 268 g/mol. The molecule has 2 rings (SSSR count). The number of ketones is 1. The highest BCUT2D eigenvalue weighted by molar-refractivity contribution is 6.04. The van der Waals surface area contributed by atoms with Crippen molar-refractivity contribution >= 4 is 5.78 Å². The smallest absolute Gasteiger partial charge is 0.189 e. The van der Waals surface area contributed by atoms with Crippen LogP contribution < -0.4 is 0 Å². The van der Waals surface area contributed by atoms with Crippen LogP contribution in [0.25, 0.3) is 0 Å². The van der Waals surface area contributed by atoms with E-state index in [0.29, 0.717) is 12.0 Å². The van der Waals surface area contributed by atoms with Crippen LogP contribution in [-0.2, 0) is 9.47 Å². The number of hydrogen-bond donors (Lipinski definition) is 1. The summed E-state index contributed by atoms with van der Waals surface area (Å²) in [7, 11) is 3.07.